The number of carbonyl (C=O) groups is 1. The molecule has 4 N–H and O–H groups in total. The number of ether oxygens (including phenoxy) is 1. The summed E-state index contributed by atoms with van der Waals surface area (Å²) in [6.45, 7) is 0.775. The van der Waals surface area contributed by atoms with Gasteiger partial charge in [0, 0.05) is 36.5 Å². The molecule has 0 spiro atoms. The third-order valence-corrected chi connectivity index (χ3v) is 8.70. The number of fused-ring (bicyclic) bond motifs is 1. The van der Waals surface area contributed by atoms with Crippen LogP contribution in [0.3, 0.4) is 0 Å². The molecule has 0 radical (unpaired) electrons. The molecule has 2 fully saturated rings. The number of rotatable bonds is 7. The quantitative estimate of drug-likeness (QED) is 0.341. The Bertz CT molecular complexity index is 1450. The molecule has 5 rings (SSSR count). The Balaban J connectivity index is 1.55. The molecule has 38 heavy (non-hydrogen) atoms. The van der Waals surface area contributed by atoms with Crippen LogP contribution in [0.2, 0.25) is 0 Å². The number of benzene rings is 2. The summed E-state index contributed by atoms with van der Waals surface area (Å²) >= 11 is 0. The third kappa shape index (κ3) is 5.57. The number of halogens is 2. The zero-order valence-corrected chi connectivity index (χ0v) is 21.2. The first-order chi connectivity index (χ1) is 18.1. The number of aromatic carboxylic acids is 1. The summed E-state index contributed by atoms with van der Waals surface area (Å²) in [6, 6.07) is 12.7. The number of hydrogen-bond donors (Lipinski definition) is 4. The largest absolute Gasteiger partial charge is 0.478 e. The number of alkyl halides is 2. The maximum absolute atomic E-state index is 13.6. The SMILES string of the molecule is O=C(O)c1ccccc1Nc1cc(S(=O)(=O)C2COCCN2)nc2ccc(NC3CCC(F)(F)CC3)cc12. The Morgan fingerprint density at radius 2 is 1.87 bits per heavy atom. The van der Waals surface area contributed by atoms with E-state index in [4.69, 9.17) is 4.74 Å². The zero-order valence-electron chi connectivity index (χ0n) is 20.4. The van der Waals surface area contributed by atoms with Crippen molar-refractivity contribution >= 4 is 43.8 Å². The highest BCUT2D eigenvalue weighted by Gasteiger charge is 2.35. The molecule has 1 unspecified atom stereocenters. The number of para-hydroxylation sites is 1. The predicted octanol–water partition coefficient (Wildman–Crippen LogP) is 4.39. The van der Waals surface area contributed by atoms with Gasteiger partial charge >= 0.3 is 5.97 Å². The van der Waals surface area contributed by atoms with Crippen LogP contribution in [0.5, 0.6) is 0 Å². The molecule has 0 amide bonds. The van der Waals surface area contributed by atoms with Crippen molar-refractivity contribution in [1.82, 2.24) is 10.3 Å². The molecule has 1 aromatic heterocycles. The number of carboxylic acid groups (broad SMARTS) is 1. The van der Waals surface area contributed by atoms with Crippen molar-refractivity contribution in [1.29, 1.82) is 0 Å². The van der Waals surface area contributed by atoms with Gasteiger partial charge in [-0.2, -0.15) is 0 Å². The lowest BCUT2D eigenvalue weighted by molar-refractivity contribution is -0.0360. The van der Waals surface area contributed by atoms with Crippen molar-refractivity contribution in [3.8, 4) is 0 Å². The molecule has 2 aliphatic rings. The Morgan fingerprint density at radius 3 is 2.58 bits per heavy atom. The monoisotopic (exact) mass is 546 g/mol. The van der Waals surface area contributed by atoms with Crippen LogP contribution in [0.15, 0.2) is 53.6 Å². The van der Waals surface area contributed by atoms with Crippen LogP contribution in [0.1, 0.15) is 36.0 Å². The van der Waals surface area contributed by atoms with Crippen LogP contribution in [-0.2, 0) is 14.6 Å². The minimum atomic E-state index is -3.93. The lowest BCUT2D eigenvalue weighted by Gasteiger charge is -2.29. The van der Waals surface area contributed by atoms with E-state index >= 15 is 0 Å². The van der Waals surface area contributed by atoms with Gasteiger partial charge in [-0.25, -0.2) is 27.0 Å². The second kappa shape index (κ2) is 10.4. The van der Waals surface area contributed by atoms with E-state index in [-0.39, 0.29) is 41.8 Å². The van der Waals surface area contributed by atoms with E-state index in [2.05, 4.69) is 20.9 Å². The number of hydrogen-bond acceptors (Lipinski definition) is 8. The molecule has 2 aromatic carbocycles. The molecule has 2 heterocycles. The highest BCUT2D eigenvalue weighted by Crippen LogP contribution is 2.36. The number of nitrogens with zero attached hydrogens (tertiary/aromatic N) is 1. The Hall–Kier alpha value is -3.35. The topological polar surface area (TPSA) is 130 Å². The van der Waals surface area contributed by atoms with Gasteiger partial charge in [-0.15, -0.1) is 0 Å². The number of sulfone groups is 1. The van der Waals surface area contributed by atoms with Crippen molar-refractivity contribution in [3.05, 3.63) is 54.1 Å². The van der Waals surface area contributed by atoms with E-state index in [9.17, 15) is 27.1 Å². The fourth-order valence-corrected chi connectivity index (χ4v) is 6.18. The molecule has 1 saturated heterocycles. The Kier molecular flexibility index (Phi) is 7.21. The minimum absolute atomic E-state index is 0.0154. The molecule has 3 aromatic rings. The normalized spacial score (nSPS) is 20.2. The lowest BCUT2D eigenvalue weighted by atomic mass is 9.92. The molecule has 1 atom stereocenters. The van der Waals surface area contributed by atoms with Gasteiger partial charge in [-0.05, 0) is 49.2 Å². The van der Waals surface area contributed by atoms with Crippen LogP contribution < -0.4 is 16.0 Å². The molecule has 0 bridgehead atoms. The summed E-state index contributed by atoms with van der Waals surface area (Å²) in [5.41, 5.74) is 1.68. The average Bonchev–Trinajstić information content (AvgIpc) is 2.90. The number of pyridine rings is 1. The summed E-state index contributed by atoms with van der Waals surface area (Å²) in [5, 5.41) is 18.4. The molecule has 1 saturated carbocycles. The first kappa shape index (κ1) is 26.3. The summed E-state index contributed by atoms with van der Waals surface area (Å²) in [7, 11) is -3.93. The van der Waals surface area contributed by atoms with Crippen LogP contribution in [0.25, 0.3) is 10.9 Å². The molecular formula is C26H28F2N4O5S. The van der Waals surface area contributed by atoms with Gasteiger partial charge < -0.3 is 20.5 Å². The van der Waals surface area contributed by atoms with Crippen molar-refractivity contribution < 1.29 is 31.8 Å². The average molecular weight is 547 g/mol. The van der Waals surface area contributed by atoms with Gasteiger partial charge in [0.25, 0.3) is 0 Å². The Morgan fingerprint density at radius 1 is 1.11 bits per heavy atom. The van der Waals surface area contributed by atoms with E-state index in [1.54, 1.807) is 36.4 Å². The van der Waals surface area contributed by atoms with Crippen molar-refractivity contribution in [3.63, 3.8) is 0 Å². The van der Waals surface area contributed by atoms with E-state index in [0.29, 0.717) is 48.3 Å². The number of morpholine rings is 1. The van der Waals surface area contributed by atoms with Crippen LogP contribution in [0, 0.1) is 0 Å². The number of nitrogens with one attached hydrogen (secondary N) is 3. The van der Waals surface area contributed by atoms with Gasteiger partial charge in [0.2, 0.25) is 15.8 Å². The summed E-state index contributed by atoms with van der Waals surface area (Å²) < 4.78 is 59.3. The number of aromatic nitrogens is 1. The van der Waals surface area contributed by atoms with Gasteiger partial charge in [0.05, 0.1) is 35.7 Å². The van der Waals surface area contributed by atoms with Gasteiger partial charge in [0.15, 0.2) is 5.03 Å². The Labute approximate surface area is 218 Å². The highest BCUT2D eigenvalue weighted by molar-refractivity contribution is 7.92. The van der Waals surface area contributed by atoms with E-state index in [1.165, 1.54) is 12.1 Å². The fourth-order valence-electron chi connectivity index (χ4n) is 4.77. The molecular weight excluding hydrogens is 518 g/mol. The van der Waals surface area contributed by atoms with Crippen LogP contribution in [0.4, 0.5) is 25.8 Å². The van der Waals surface area contributed by atoms with Crippen molar-refractivity contribution in [2.45, 2.75) is 48.0 Å². The minimum Gasteiger partial charge on any atom is -0.478 e. The van der Waals surface area contributed by atoms with Gasteiger partial charge in [0.1, 0.15) is 5.37 Å². The number of anilines is 3. The van der Waals surface area contributed by atoms with Gasteiger partial charge in [-0.1, -0.05) is 12.1 Å². The fraction of sp³-hybridized carbons (Fsp3) is 0.385. The maximum atomic E-state index is 13.6. The second-order valence-corrected chi connectivity index (χ2v) is 11.6. The highest BCUT2D eigenvalue weighted by atomic mass is 32.2. The molecule has 202 valence electrons. The molecule has 12 heteroatoms. The zero-order chi connectivity index (χ0) is 26.9. The molecule has 1 aliphatic carbocycles. The molecule has 9 nitrogen and oxygen atoms in total. The molecule has 1 aliphatic heterocycles. The summed E-state index contributed by atoms with van der Waals surface area (Å²) in [6.07, 6.45) is 0.291. The third-order valence-electron chi connectivity index (χ3n) is 6.85. The van der Waals surface area contributed by atoms with Crippen molar-refractivity contribution in [2.24, 2.45) is 0 Å². The predicted molar refractivity (Wildman–Crippen MR) is 139 cm³/mol. The first-order valence-electron chi connectivity index (χ1n) is 12.4. The standard InChI is InChI=1S/C26H28F2N4O5S/c27-26(28)9-7-16(8-10-26)30-17-5-6-21-19(13-17)22(31-20-4-2-1-3-18(20)25(33)34)14-23(32-21)38(35,36)24-15-37-12-11-29-24/h1-6,13-14,16,24,29-30H,7-12,15H2,(H,31,32)(H,33,34). The smallest absolute Gasteiger partial charge is 0.337 e. The number of carboxylic acids is 1. The maximum Gasteiger partial charge on any atom is 0.337 e. The van der Waals surface area contributed by atoms with Crippen LogP contribution in [-0.4, -0.2) is 61.6 Å². The summed E-state index contributed by atoms with van der Waals surface area (Å²) in [4.78, 5) is 16.2. The van der Waals surface area contributed by atoms with E-state index < -0.39 is 27.1 Å². The first-order valence-corrected chi connectivity index (χ1v) is 13.9. The van der Waals surface area contributed by atoms with E-state index in [0.717, 1.165) is 0 Å². The van der Waals surface area contributed by atoms with E-state index in [1.807, 2.05) is 0 Å². The van der Waals surface area contributed by atoms with Crippen molar-refractivity contribution in [2.75, 3.05) is 30.4 Å². The summed E-state index contributed by atoms with van der Waals surface area (Å²) in [5.74, 6) is -3.78. The lowest BCUT2D eigenvalue weighted by Crippen LogP contribution is -2.46. The second-order valence-electron chi connectivity index (χ2n) is 9.55. The van der Waals surface area contributed by atoms with Crippen LogP contribution >= 0.6 is 0 Å². The van der Waals surface area contributed by atoms with Gasteiger partial charge in [-0.3, -0.25) is 5.32 Å².